The highest BCUT2D eigenvalue weighted by atomic mass is 16.5. The summed E-state index contributed by atoms with van der Waals surface area (Å²) in [6.07, 6.45) is 2.30. The largest absolute Gasteiger partial charge is 0.463 e. The highest BCUT2D eigenvalue weighted by Crippen LogP contribution is 2.31. The van der Waals surface area contributed by atoms with Crippen LogP contribution in [0, 0.1) is 11.3 Å². The number of Topliss-reactive ketones (excluding diaryl/α,β-unsaturated/α-hetero) is 1. The number of carbonyl (C=O) groups is 2. The highest BCUT2D eigenvalue weighted by Gasteiger charge is 2.35. The van der Waals surface area contributed by atoms with Crippen LogP contribution in [-0.2, 0) is 14.3 Å². The van der Waals surface area contributed by atoms with Crippen LogP contribution >= 0.6 is 0 Å². The lowest BCUT2D eigenvalue weighted by Gasteiger charge is -2.28. The lowest BCUT2D eigenvalue weighted by molar-refractivity contribution is -0.154. The molecule has 0 amide bonds. The molecule has 3 nitrogen and oxygen atoms in total. The molecule has 0 aliphatic carbocycles. The third-order valence-electron chi connectivity index (χ3n) is 2.54. The normalized spacial score (nSPS) is 13.1. The fourth-order valence-electron chi connectivity index (χ4n) is 1.43. The summed E-state index contributed by atoms with van der Waals surface area (Å²) >= 11 is 0. The maximum Gasteiger partial charge on any atom is 0.374 e. The summed E-state index contributed by atoms with van der Waals surface area (Å²) in [5, 5.41) is 0. The van der Waals surface area contributed by atoms with Gasteiger partial charge >= 0.3 is 5.97 Å². The van der Waals surface area contributed by atoms with E-state index in [2.05, 4.69) is 11.3 Å². The molecule has 0 aromatic heterocycles. The van der Waals surface area contributed by atoms with Gasteiger partial charge in [0.15, 0.2) is 0 Å². The molecule has 0 aromatic rings. The van der Waals surface area contributed by atoms with Gasteiger partial charge in [-0.1, -0.05) is 26.8 Å². The Bertz CT molecular complexity index is 241. The molecule has 80 valence electrons. The number of hydrogen-bond acceptors (Lipinski definition) is 3. The number of esters is 1. The summed E-state index contributed by atoms with van der Waals surface area (Å²) in [4.78, 5) is 22.7. The third-order valence-corrected chi connectivity index (χ3v) is 2.54. The smallest absolute Gasteiger partial charge is 0.374 e. The highest BCUT2D eigenvalue weighted by molar-refractivity contribution is 6.34. The molecule has 1 atom stereocenters. The maximum atomic E-state index is 11.6. The van der Waals surface area contributed by atoms with Crippen molar-refractivity contribution in [1.82, 2.24) is 0 Å². The first-order valence-corrected chi connectivity index (χ1v) is 4.66. The van der Waals surface area contributed by atoms with Gasteiger partial charge in [0.1, 0.15) is 0 Å². The van der Waals surface area contributed by atoms with Crippen LogP contribution in [0.3, 0.4) is 0 Å². The third kappa shape index (κ3) is 2.69. The molecule has 0 fully saturated rings. The first kappa shape index (κ1) is 12.9. The van der Waals surface area contributed by atoms with E-state index in [1.807, 2.05) is 20.8 Å². The first-order chi connectivity index (χ1) is 6.40. The summed E-state index contributed by atoms with van der Waals surface area (Å²) in [5.74, 6) is -1.60. The second-order valence-electron chi connectivity index (χ2n) is 3.84. The molecule has 0 saturated heterocycles. The monoisotopic (exact) mass is 198 g/mol. The molecular formula is C11H18O3. The molecule has 0 saturated carbocycles. The second kappa shape index (κ2) is 4.94. The van der Waals surface area contributed by atoms with E-state index in [4.69, 9.17) is 0 Å². The zero-order chi connectivity index (χ0) is 11.4. The van der Waals surface area contributed by atoms with Crippen molar-refractivity contribution in [3.8, 4) is 0 Å². The van der Waals surface area contributed by atoms with Crippen LogP contribution in [0.2, 0.25) is 0 Å². The van der Waals surface area contributed by atoms with Gasteiger partial charge in [0.25, 0.3) is 0 Å². The number of allylic oxidation sites excluding steroid dienone is 1. The van der Waals surface area contributed by atoms with Crippen LogP contribution in [-0.4, -0.2) is 18.9 Å². The SMILES string of the molecule is C=CC(C)(C)[C@H](CC)C(=O)C(=O)OC. The molecule has 0 unspecified atom stereocenters. The Morgan fingerprint density at radius 3 is 2.29 bits per heavy atom. The molecule has 0 N–H and O–H groups in total. The predicted octanol–water partition coefficient (Wildman–Crippen LogP) is 1.97. The molecule has 0 heterocycles. The zero-order valence-corrected chi connectivity index (χ0v) is 9.29. The minimum atomic E-state index is -0.772. The number of hydrogen-bond donors (Lipinski definition) is 0. The number of methoxy groups -OCH3 is 1. The topological polar surface area (TPSA) is 43.4 Å². The Kier molecular flexibility index (Phi) is 4.54. The fraction of sp³-hybridized carbons (Fsp3) is 0.636. The van der Waals surface area contributed by atoms with Crippen LogP contribution in [0.15, 0.2) is 12.7 Å². The number of rotatable bonds is 5. The Morgan fingerprint density at radius 1 is 1.50 bits per heavy atom. The second-order valence-corrected chi connectivity index (χ2v) is 3.84. The van der Waals surface area contributed by atoms with Crippen LogP contribution in [0.25, 0.3) is 0 Å². The van der Waals surface area contributed by atoms with E-state index >= 15 is 0 Å². The van der Waals surface area contributed by atoms with E-state index in [1.165, 1.54) is 7.11 Å². The summed E-state index contributed by atoms with van der Waals surface area (Å²) < 4.78 is 4.41. The van der Waals surface area contributed by atoms with Gasteiger partial charge in [-0.05, 0) is 11.8 Å². The molecule has 14 heavy (non-hydrogen) atoms. The van der Waals surface area contributed by atoms with Gasteiger partial charge < -0.3 is 4.74 Å². The Balaban J connectivity index is 4.82. The van der Waals surface area contributed by atoms with Crippen molar-refractivity contribution >= 4 is 11.8 Å². The van der Waals surface area contributed by atoms with Crippen molar-refractivity contribution < 1.29 is 14.3 Å². The Morgan fingerprint density at radius 2 is 2.00 bits per heavy atom. The molecular weight excluding hydrogens is 180 g/mol. The van der Waals surface area contributed by atoms with Gasteiger partial charge in [-0.15, -0.1) is 6.58 Å². The van der Waals surface area contributed by atoms with Crippen molar-refractivity contribution in [3.05, 3.63) is 12.7 Å². The molecule has 0 aliphatic heterocycles. The quantitative estimate of drug-likeness (QED) is 0.385. The van der Waals surface area contributed by atoms with Gasteiger partial charge in [0.05, 0.1) is 7.11 Å². The average molecular weight is 198 g/mol. The van der Waals surface area contributed by atoms with E-state index in [0.717, 1.165) is 0 Å². The van der Waals surface area contributed by atoms with Crippen molar-refractivity contribution in [2.24, 2.45) is 11.3 Å². The molecule has 0 rings (SSSR count). The van der Waals surface area contributed by atoms with Crippen molar-refractivity contribution in [2.75, 3.05) is 7.11 Å². The molecule has 0 radical (unpaired) electrons. The van der Waals surface area contributed by atoms with Crippen LogP contribution in [0.5, 0.6) is 0 Å². The van der Waals surface area contributed by atoms with E-state index in [9.17, 15) is 9.59 Å². The maximum absolute atomic E-state index is 11.6. The van der Waals surface area contributed by atoms with Gasteiger partial charge in [-0.25, -0.2) is 4.79 Å². The average Bonchev–Trinajstić information content (AvgIpc) is 2.17. The number of ether oxygens (including phenoxy) is 1. The summed E-state index contributed by atoms with van der Waals surface area (Å²) in [6, 6.07) is 0. The minimum absolute atomic E-state index is 0.354. The number of ketones is 1. The Labute approximate surface area is 85.1 Å². The minimum Gasteiger partial charge on any atom is -0.463 e. The van der Waals surface area contributed by atoms with Crippen LogP contribution < -0.4 is 0 Å². The lowest BCUT2D eigenvalue weighted by Crippen LogP contribution is -2.34. The van der Waals surface area contributed by atoms with Crippen molar-refractivity contribution in [2.45, 2.75) is 27.2 Å². The van der Waals surface area contributed by atoms with E-state index in [-0.39, 0.29) is 11.3 Å². The molecule has 0 bridgehead atoms. The molecule has 0 aliphatic rings. The predicted molar refractivity (Wildman–Crippen MR) is 54.8 cm³/mol. The summed E-state index contributed by atoms with van der Waals surface area (Å²) in [7, 11) is 1.22. The van der Waals surface area contributed by atoms with Gasteiger partial charge in [-0.3, -0.25) is 4.79 Å². The zero-order valence-electron chi connectivity index (χ0n) is 9.29. The van der Waals surface area contributed by atoms with E-state index < -0.39 is 11.8 Å². The first-order valence-electron chi connectivity index (χ1n) is 4.66. The van der Waals surface area contributed by atoms with Crippen LogP contribution in [0.1, 0.15) is 27.2 Å². The van der Waals surface area contributed by atoms with Gasteiger partial charge in [0.2, 0.25) is 5.78 Å². The fourth-order valence-corrected chi connectivity index (χ4v) is 1.43. The molecule has 3 heteroatoms. The van der Waals surface area contributed by atoms with Gasteiger partial charge in [-0.2, -0.15) is 0 Å². The van der Waals surface area contributed by atoms with Crippen LogP contribution in [0.4, 0.5) is 0 Å². The van der Waals surface area contributed by atoms with Gasteiger partial charge in [0, 0.05) is 5.92 Å². The standard InChI is InChI=1S/C11H18O3/c1-6-8(11(3,4)7-2)9(12)10(13)14-5/h7-8H,2,6H2,1,3-5H3/t8-/m1/s1. The lowest BCUT2D eigenvalue weighted by atomic mass is 9.75. The van der Waals surface area contributed by atoms with E-state index in [0.29, 0.717) is 6.42 Å². The van der Waals surface area contributed by atoms with E-state index in [1.54, 1.807) is 6.08 Å². The van der Waals surface area contributed by atoms with Crippen molar-refractivity contribution in [3.63, 3.8) is 0 Å². The molecule has 0 spiro atoms. The number of carbonyl (C=O) groups excluding carboxylic acids is 2. The summed E-state index contributed by atoms with van der Waals surface area (Å²) in [6.45, 7) is 9.30. The Hall–Kier alpha value is -1.12. The molecule has 0 aromatic carbocycles. The summed E-state index contributed by atoms with van der Waals surface area (Å²) in [5.41, 5.74) is -0.375. The van der Waals surface area contributed by atoms with Crippen molar-refractivity contribution in [1.29, 1.82) is 0 Å².